The van der Waals surface area contributed by atoms with Gasteiger partial charge in [-0.15, -0.1) is 0 Å². The van der Waals surface area contributed by atoms with E-state index in [1.807, 2.05) is 0 Å². The Morgan fingerprint density at radius 3 is 1.18 bits per heavy atom. The van der Waals surface area contributed by atoms with E-state index in [9.17, 15) is 0 Å². The Bertz CT molecular complexity index is 4360. The predicted octanol–water partition coefficient (Wildman–Crippen LogP) is 15.9. The SMILES string of the molecule is Cc1ccccc1N1c2cc(N(c3ccccc3)c3ccccc3)cc3c2B(c2ccccc2N3c2ccccc2)c2cc3c(c(F)c21)Sc1cc(N(c2ccccc2)c2ccccc2)cc2c1B3c1ccccc1N2c1ccccc1. The monoisotopic (exact) mass is 1070 g/mol. The molecule has 0 aliphatic carbocycles. The molecular weight excluding hydrogens is 1020 g/mol. The molecule has 9 heteroatoms. The minimum absolute atomic E-state index is 0.229. The van der Waals surface area contributed by atoms with E-state index in [1.54, 1.807) is 11.8 Å². The van der Waals surface area contributed by atoms with Crippen molar-refractivity contribution in [2.24, 2.45) is 0 Å². The number of para-hydroxylation sites is 9. The van der Waals surface area contributed by atoms with E-state index in [1.165, 1.54) is 5.46 Å². The Hall–Kier alpha value is -9.95. The summed E-state index contributed by atoms with van der Waals surface area (Å²) >= 11 is 1.57. The molecule has 0 fully saturated rings. The third kappa shape index (κ3) is 7.50. The average molecular weight is 1070 g/mol. The van der Waals surface area contributed by atoms with Crippen molar-refractivity contribution in [2.45, 2.75) is 16.7 Å². The van der Waals surface area contributed by atoms with Crippen molar-refractivity contribution in [3.63, 3.8) is 0 Å². The van der Waals surface area contributed by atoms with Gasteiger partial charge in [-0.25, -0.2) is 4.39 Å². The molecule has 16 rings (SSSR count). The highest BCUT2D eigenvalue weighted by atomic mass is 32.2. The van der Waals surface area contributed by atoms with Gasteiger partial charge in [0.25, 0.3) is 6.71 Å². The normalized spacial score (nSPS) is 13.1. The summed E-state index contributed by atoms with van der Waals surface area (Å²) < 4.78 is 20.1. The topological polar surface area (TPSA) is 16.2 Å². The van der Waals surface area contributed by atoms with Crippen LogP contribution < -0.4 is 57.3 Å². The minimum Gasteiger partial charge on any atom is -0.311 e. The number of nitrogens with zero attached hydrogens (tertiary/aromatic N) is 5. The Balaban J connectivity index is 1.00. The number of hydrogen-bond acceptors (Lipinski definition) is 6. The van der Waals surface area contributed by atoms with Gasteiger partial charge in [0.05, 0.1) is 11.4 Å². The van der Waals surface area contributed by atoms with Gasteiger partial charge in [-0.2, -0.15) is 0 Å². The van der Waals surface area contributed by atoms with Gasteiger partial charge in [0, 0.05) is 83.7 Å². The first-order valence-electron chi connectivity index (χ1n) is 28.0. The van der Waals surface area contributed by atoms with Crippen LogP contribution in [0.4, 0.5) is 89.7 Å². The standard InChI is InChI=1S/C73H50B2FN5S/c1-49-26-20-23-41-62(49)81-66-45-56(77(50-27-8-2-9-28-50)51-29-10-3-11-30-51)44-65-69(66)74(58-39-21-24-42-63(58)79(65)54-35-16-6-17-36-54)60-48-61-73(71(76)72(60)81)82-68-47-57(78(52-31-12-4-13-32-52)53-33-14-5-15-34-53)46-67-70(68)75(61)59-40-22-25-43-64(59)80(67)55-37-18-7-19-38-55/h2-48H,1H3. The molecule has 12 aromatic carbocycles. The molecule has 0 bridgehead atoms. The quantitative estimate of drug-likeness (QED) is 0.133. The van der Waals surface area contributed by atoms with Gasteiger partial charge in [-0.1, -0.05) is 187 Å². The smallest absolute Gasteiger partial charge is 0.252 e. The first-order chi connectivity index (χ1) is 40.6. The molecular formula is C73H50B2FN5S. The molecule has 0 atom stereocenters. The van der Waals surface area contributed by atoms with Crippen molar-refractivity contribution in [1.82, 2.24) is 0 Å². The highest BCUT2D eigenvalue weighted by Gasteiger charge is 2.49. The highest BCUT2D eigenvalue weighted by Crippen LogP contribution is 2.52. The largest absolute Gasteiger partial charge is 0.311 e. The molecule has 386 valence electrons. The van der Waals surface area contributed by atoms with Gasteiger partial charge in [-0.3, -0.25) is 0 Å². The first-order valence-corrected chi connectivity index (χ1v) is 28.8. The number of rotatable bonds is 9. The molecule has 0 saturated carbocycles. The van der Waals surface area contributed by atoms with E-state index in [4.69, 9.17) is 0 Å². The Morgan fingerprint density at radius 2 is 0.707 bits per heavy atom. The Morgan fingerprint density at radius 1 is 0.329 bits per heavy atom. The molecule has 0 unspecified atom stereocenters. The van der Waals surface area contributed by atoms with Crippen molar-refractivity contribution in [3.8, 4) is 0 Å². The van der Waals surface area contributed by atoms with Crippen LogP contribution in [0, 0.1) is 12.7 Å². The van der Waals surface area contributed by atoms with E-state index in [0.29, 0.717) is 10.6 Å². The molecule has 5 nitrogen and oxygen atoms in total. The maximum absolute atomic E-state index is 20.1. The fraction of sp³-hybridized carbons (Fsp3) is 0.0137. The van der Waals surface area contributed by atoms with Crippen LogP contribution in [0.15, 0.2) is 295 Å². The van der Waals surface area contributed by atoms with Crippen molar-refractivity contribution >= 4 is 143 Å². The summed E-state index contributed by atoms with van der Waals surface area (Å²) in [5.41, 5.74) is 22.3. The summed E-state index contributed by atoms with van der Waals surface area (Å²) in [5.74, 6) is -0.229. The van der Waals surface area contributed by atoms with Crippen LogP contribution >= 0.6 is 11.8 Å². The van der Waals surface area contributed by atoms with E-state index < -0.39 is 0 Å². The van der Waals surface area contributed by atoms with Crippen molar-refractivity contribution < 1.29 is 4.39 Å². The zero-order valence-corrected chi connectivity index (χ0v) is 45.6. The second-order valence-electron chi connectivity index (χ2n) is 21.4. The van der Waals surface area contributed by atoms with Crippen LogP contribution in [0.25, 0.3) is 0 Å². The lowest BCUT2D eigenvalue weighted by Crippen LogP contribution is -2.65. The molecule has 4 aliphatic rings. The van der Waals surface area contributed by atoms with Gasteiger partial charge in [0.2, 0.25) is 6.71 Å². The average Bonchev–Trinajstić information content (AvgIpc) is 3.55. The van der Waals surface area contributed by atoms with Gasteiger partial charge < -0.3 is 24.5 Å². The number of hydrogen-bond donors (Lipinski definition) is 0. The van der Waals surface area contributed by atoms with Gasteiger partial charge in [0.15, 0.2) is 5.82 Å². The molecule has 0 aromatic heterocycles. The molecule has 0 saturated heterocycles. The molecule has 0 radical (unpaired) electrons. The fourth-order valence-corrected chi connectivity index (χ4v) is 14.6. The Labute approximate surface area is 482 Å². The molecule has 4 heterocycles. The van der Waals surface area contributed by atoms with Crippen molar-refractivity contribution in [3.05, 3.63) is 296 Å². The zero-order valence-electron chi connectivity index (χ0n) is 44.8. The second kappa shape index (κ2) is 19.4. The molecule has 0 amide bonds. The highest BCUT2D eigenvalue weighted by molar-refractivity contribution is 8.00. The fourth-order valence-electron chi connectivity index (χ4n) is 13.4. The van der Waals surface area contributed by atoms with Crippen LogP contribution in [0.2, 0.25) is 0 Å². The van der Waals surface area contributed by atoms with Crippen LogP contribution in [0.1, 0.15) is 5.56 Å². The third-order valence-corrected chi connectivity index (χ3v) is 18.0. The summed E-state index contributed by atoms with van der Waals surface area (Å²) in [6.07, 6.45) is 0. The minimum atomic E-state index is -0.342. The summed E-state index contributed by atoms with van der Waals surface area (Å²) in [4.78, 5) is 13.4. The summed E-state index contributed by atoms with van der Waals surface area (Å²) in [5, 5.41) is 0. The van der Waals surface area contributed by atoms with Gasteiger partial charge >= 0.3 is 0 Å². The van der Waals surface area contributed by atoms with E-state index >= 15 is 4.39 Å². The second-order valence-corrected chi connectivity index (χ2v) is 22.4. The van der Waals surface area contributed by atoms with E-state index in [0.717, 1.165) is 117 Å². The summed E-state index contributed by atoms with van der Waals surface area (Å²) in [6, 6.07) is 102. The van der Waals surface area contributed by atoms with Crippen LogP contribution in [0.5, 0.6) is 0 Å². The summed E-state index contributed by atoms with van der Waals surface area (Å²) in [6.45, 7) is 1.51. The number of fused-ring (bicyclic) bond motifs is 8. The maximum Gasteiger partial charge on any atom is 0.252 e. The summed E-state index contributed by atoms with van der Waals surface area (Å²) in [7, 11) is 0. The Kier molecular flexibility index (Phi) is 11.4. The predicted molar refractivity (Wildman–Crippen MR) is 344 cm³/mol. The van der Waals surface area contributed by atoms with Crippen LogP contribution in [0.3, 0.4) is 0 Å². The molecule has 0 spiro atoms. The molecule has 12 aromatic rings. The van der Waals surface area contributed by atoms with Crippen molar-refractivity contribution in [1.29, 1.82) is 0 Å². The number of halogens is 1. The first kappa shape index (κ1) is 48.0. The van der Waals surface area contributed by atoms with Crippen molar-refractivity contribution in [2.75, 3.05) is 24.5 Å². The van der Waals surface area contributed by atoms with Crippen LogP contribution in [-0.4, -0.2) is 13.4 Å². The van der Waals surface area contributed by atoms with E-state index in [-0.39, 0.29) is 19.2 Å². The lowest BCUT2D eigenvalue weighted by molar-refractivity contribution is 0.606. The molecule has 0 N–H and O–H groups in total. The lowest BCUT2D eigenvalue weighted by atomic mass is 9.31. The van der Waals surface area contributed by atoms with Gasteiger partial charge in [0.1, 0.15) is 0 Å². The number of aryl methyl sites for hydroxylation is 1. The maximum atomic E-state index is 20.1. The van der Waals surface area contributed by atoms with Gasteiger partial charge in [-0.05, 0) is 155 Å². The molecule has 82 heavy (non-hydrogen) atoms. The van der Waals surface area contributed by atoms with E-state index in [2.05, 4.69) is 317 Å². The molecule has 4 aliphatic heterocycles. The number of benzene rings is 12. The third-order valence-electron chi connectivity index (χ3n) is 16.8. The van der Waals surface area contributed by atoms with Crippen LogP contribution in [-0.2, 0) is 0 Å². The zero-order chi connectivity index (χ0) is 54.4. The number of anilines is 15. The lowest BCUT2D eigenvalue weighted by Gasteiger charge is -2.46.